The highest BCUT2D eigenvalue weighted by atomic mass is 16.7. The van der Waals surface area contributed by atoms with Gasteiger partial charge in [0.15, 0.2) is 6.29 Å². The summed E-state index contributed by atoms with van der Waals surface area (Å²) in [7, 11) is 1.62. The fourth-order valence-corrected chi connectivity index (χ4v) is 4.44. The Morgan fingerprint density at radius 1 is 1.10 bits per heavy atom. The average Bonchev–Trinajstić information content (AvgIpc) is 2.71. The van der Waals surface area contributed by atoms with Gasteiger partial charge in [0.2, 0.25) is 6.29 Å². The summed E-state index contributed by atoms with van der Waals surface area (Å²) >= 11 is 0. The Balaban J connectivity index is 1.69. The zero-order chi connectivity index (χ0) is 22.9. The van der Waals surface area contributed by atoms with Crippen molar-refractivity contribution >= 4 is 0 Å². The maximum Gasteiger partial charge on any atom is 0.215 e. The molecule has 12 nitrogen and oxygen atoms in total. The number of nitrogens with one attached hydrogen (secondary N) is 1. The summed E-state index contributed by atoms with van der Waals surface area (Å²) in [5.41, 5.74) is 22.9. The maximum atomic E-state index is 11.0. The number of aliphatic hydroxyl groups excluding tert-OH is 2. The molecule has 3 aliphatic rings. The molecule has 2 fully saturated rings. The molecule has 0 unspecified atom stereocenters. The quantitative estimate of drug-likeness (QED) is 0.196. The molecule has 3 rings (SSSR count). The molecule has 12 heteroatoms. The van der Waals surface area contributed by atoms with Gasteiger partial charge in [-0.3, -0.25) is 0 Å². The van der Waals surface area contributed by atoms with Crippen LogP contribution >= 0.6 is 0 Å². The summed E-state index contributed by atoms with van der Waals surface area (Å²) in [6.07, 6.45) is -3.56. The molecule has 1 saturated heterocycles. The van der Waals surface area contributed by atoms with Crippen molar-refractivity contribution in [2.45, 2.75) is 86.5 Å². The lowest BCUT2D eigenvalue weighted by atomic mass is 9.84. The highest BCUT2D eigenvalue weighted by molar-refractivity contribution is 5.04. The Hall–Kier alpha value is -0.900. The molecule has 2 heterocycles. The molecule has 0 radical (unpaired) electrons. The Kier molecular flexibility index (Phi) is 7.92. The Morgan fingerprint density at radius 2 is 1.71 bits per heavy atom. The fraction of sp³-hybridized carbons (Fsp3) is 0.895. The average molecular weight is 448 g/mol. The molecule has 1 aliphatic carbocycles. The second-order valence-corrected chi connectivity index (χ2v) is 8.81. The summed E-state index contributed by atoms with van der Waals surface area (Å²) < 4.78 is 23.1. The van der Waals surface area contributed by atoms with E-state index in [0.717, 1.165) is 0 Å². The summed E-state index contributed by atoms with van der Waals surface area (Å²) in [6.45, 7) is 1.68. The van der Waals surface area contributed by atoms with Gasteiger partial charge in [-0.25, -0.2) is 0 Å². The lowest BCUT2D eigenvalue weighted by Gasteiger charge is -2.48. The third-order valence-electron chi connectivity index (χ3n) is 6.22. The molecule has 31 heavy (non-hydrogen) atoms. The summed E-state index contributed by atoms with van der Waals surface area (Å²) in [5, 5.41) is 34.9. The van der Waals surface area contributed by atoms with Crippen molar-refractivity contribution in [2.24, 2.45) is 22.9 Å². The minimum Gasteiger partial charge on any atom is -0.467 e. The lowest BCUT2D eigenvalue weighted by molar-refractivity contribution is -0.303. The van der Waals surface area contributed by atoms with Crippen LogP contribution in [-0.2, 0) is 18.9 Å². The lowest BCUT2D eigenvalue weighted by Crippen LogP contribution is -2.68. The number of likely N-dealkylation sites (N-methyl/N-ethyl adjacent to an activating group) is 1. The molecule has 11 atom stereocenters. The minimum absolute atomic E-state index is 0.0727. The smallest absolute Gasteiger partial charge is 0.215 e. The van der Waals surface area contributed by atoms with E-state index >= 15 is 0 Å². The van der Waals surface area contributed by atoms with E-state index in [1.807, 2.05) is 0 Å². The van der Waals surface area contributed by atoms with Crippen molar-refractivity contribution in [3.8, 4) is 0 Å². The van der Waals surface area contributed by atoms with E-state index in [9.17, 15) is 15.3 Å². The highest BCUT2D eigenvalue weighted by Gasteiger charge is 2.50. The largest absolute Gasteiger partial charge is 0.467 e. The number of rotatable bonds is 6. The highest BCUT2D eigenvalue weighted by Crippen LogP contribution is 2.31. The van der Waals surface area contributed by atoms with E-state index < -0.39 is 66.8 Å². The van der Waals surface area contributed by atoms with Gasteiger partial charge in [-0.15, -0.1) is 0 Å². The standard InChI is InChI=1S/C19H37N5O7/c1-19(27)7-28-18(13(26)16(19)24-2)31-15-11(23)5-10(22)14(12(15)25)30-17-9(21)4-3-8(6-20)29-17/h3,9-18,24-27H,4-7,20-23H2,1-2H3/t9-,10+,11-,12+,13-,14+,15-,16+,17-,18-,19+/m1/s1. The van der Waals surface area contributed by atoms with Gasteiger partial charge >= 0.3 is 0 Å². The summed E-state index contributed by atoms with van der Waals surface area (Å²) in [5.74, 6) is 0.555. The van der Waals surface area contributed by atoms with Crippen LogP contribution in [0.15, 0.2) is 11.8 Å². The van der Waals surface area contributed by atoms with Crippen LogP contribution in [0.25, 0.3) is 0 Å². The number of hydrogen-bond donors (Lipinski definition) is 8. The molecule has 0 aromatic heterocycles. The van der Waals surface area contributed by atoms with Gasteiger partial charge in [-0.1, -0.05) is 0 Å². The first-order valence-corrected chi connectivity index (χ1v) is 10.6. The van der Waals surface area contributed by atoms with Crippen LogP contribution in [0.4, 0.5) is 0 Å². The monoisotopic (exact) mass is 447 g/mol. The van der Waals surface area contributed by atoms with Crippen LogP contribution in [-0.4, -0.2) is 102 Å². The summed E-state index contributed by atoms with van der Waals surface area (Å²) in [4.78, 5) is 0. The number of aliphatic hydroxyl groups is 3. The van der Waals surface area contributed by atoms with Crippen LogP contribution < -0.4 is 28.3 Å². The number of ether oxygens (including phenoxy) is 4. The minimum atomic E-state index is -1.29. The Bertz CT molecular complexity index is 639. The first-order valence-electron chi connectivity index (χ1n) is 10.6. The zero-order valence-corrected chi connectivity index (χ0v) is 18.0. The first-order chi connectivity index (χ1) is 14.6. The van der Waals surface area contributed by atoms with Crippen molar-refractivity contribution in [2.75, 3.05) is 20.2 Å². The molecule has 180 valence electrons. The van der Waals surface area contributed by atoms with Crippen molar-refractivity contribution < 1.29 is 34.3 Å². The second kappa shape index (κ2) is 9.93. The third kappa shape index (κ3) is 5.20. The van der Waals surface area contributed by atoms with E-state index in [1.54, 1.807) is 20.0 Å². The molecule has 1 saturated carbocycles. The maximum absolute atomic E-state index is 11.0. The van der Waals surface area contributed by atoms with Crippen LogP contribution in [0.1, 0.15) is 19.8 Å². The molecule has 12 N–H and O–H groups in total. The Morgan fingerprint density at radius 3 is 2.29 bits per heavy atom. The molecule has 2 aliphatic heterocycles. The number of nitrogens with two attached hydrogens (primary N) is 4. The van der Waals surface area contributed by atoms with Gasteiger partial charge < -0.3 is 62.5 Å². The van der Waals surface area contributed by atoms with E-state index in [2.05, 4.69) is 5.32 Å². The Labute approximate surface area is 181 Å². The number of hydrogen-bond acceptors (Lipinski definition) is 12. The fourth-order valence-electron chi connectivity index (χ4n) is 4.44. The van der Waals surface area contributed by atoms with E-state index in [4.69, 9.17) is 41.9 Å². The van der Waals surface area contributed by atoms with Crippen LogP contribution in [0.3, 0.4) is 0 Å². The van der Waals surface area contributed by atoms with Crippen molar-refractivity contribution in [1.29, 1.82) is 0 Å². The van der Waals surface area contributed by atoms with Gasteiger partial charge in [0.1, 0.15) is 35.8 Å². The molecule has 0 aromatic rings. The molecular formula is C19H37N5O7. The van der Waals surface area contributed by atoms with Crippen LogP contribution in [0, 0.1) is 0 Å². The topological polar surface area (TPSA) is 214 Å². The van der Waals surface area contributed by atoms with Gasteiger partial charge in [-0.05, 0) is 32.9 Å². The normalized spacial score (nSPS) is 48.7. The molecule has 0 bridgehead atoms. The summed E-state index contributed by atoms with van der Waals surface area (Å²) in [6, 6.07) is -2.37. The SMILES string of the molecule is CN[C@H]1[C@@H](O)[C@@H](O[C@H]2[C@@H](O)[C@@H](O[C@H]3OC(CN)=CC[C@H]3N)[C@@H](N)C[C@H]2N)OC[C@]1(C)O. The zero-order valence-electron chi connectivity index (χ0n) is 18.0. The van der Waals surface area contributed by atoms with Crippen molar-refractivity contribution in [3.63, 3.8) is 0 Å². The molecule has 0 aromatic carbocycles. The van der Waals surface area contributed by atoms with Gasteiger partial charge in [0, 0.05) is 12.1 Å². The van der Waals surface area contributed by atoms with E-state index in [1.165, 1.54) is 0 Å². The second-order valence-electron chi connectivity index (χ2n) is 8.81. The van der Waals surface area contributed by atoms with Crippen molar-refractivity contribution in [1.82, 2.24) is 5.32 Å². The van der Waals surface area contributed by atoms with E-state index in [-0.39, 0.29) is 13.2 Å². The predicted molar refractivity (Wildman–Crippen MR) is 110 cm³/mol. The first kappa shape index (κ1) is 24.7. The van der Waals surface area contributed by atoms with Gasteiger partial charge in [0.05, 0.1) is 25.2 Å². The molecular weight excluding hydrogens is 410 g/mol. The van der Waals surface area contributed by atoms with Crippen LogP contribution in [0.2, 0.25) is 0 Å². The van der Waals surface area contributed by atoms with E-state index in [0.29, 0.717) is 18.6 Å². The van der Waals surface area contributed by atoms with Crippen LogP contribution in [0.5, 0.6) is 0 Å². The third-order valence-corrected chi connectivity index (χ3v) is 6.22. The predicted octanol–water partition coefficient (Wildman–Crippen LogP) is -3.85. The van der Waals surface area contributed by atoms with Gasteiger partial charge in [-0.2, -0.15) is 0 Å². The molecule has 0 spiro atoms. The van der Waals surface area contributed by atoms with Gasteiger partial charge in [0.25, 0.3) is 0 Å². The van der Waals surface area contributed by atoms with Crippen molar-refractivity contribution in [3.05, 3.63) is 11.8 Å². The molecule has 0 amide bonds.